The van der Waals surface area contributed by atoms with E-state index in [1.165, 1.54) is 9.13 Å². The van der Waals surface area contributed by atoms with E-state index < -0.39 is 0 Å². The van der Waals surface area contributed by atoms with Crippen LogP contribution in [0.1, 0.15) is 24.3 Å². The average molecular weight is 456 g/mol. The first-order valence-electron chi connectivity index (χ1n) is 6.74. The quantitative estimate of drug-likeness (QED) is 0.470. The van der Waals surface area contributed by atoms with Crippen LogP contribution in [0.4, 0.5) is 5.69 Å². The molecular weight excluding hydrogens is 441 g/mol. The van der Waals surface area contributed by atoms with Gasteiger partial charge in [-0.2, -0.15) is 0 Å². The molecule has 3 rings (SSSR count). The molecule has 4 heteroatoms. The molecule has 0 spiro atoms. The summed E-state index contributed by atoms with van der Waals surface area (Å²) in [6.07, 6.45) is 0. The van der Waals surface area contributed by atoms with Crippen molar-refractivity contribution in [3.63, 3.8) is 0 Å². The lowest BCUT2D eigenvalue weighted by atomic mass is 10.2. The molecule has 0 fully saturated rings. The van der Waals surface area contributed by atoms with Crippen LogP contribution in [-0.2, 0) is 0 Å². The standard InChI is InChI=1S/C17H15BrINO/c1-10-3-5-14(9-15(10)19)20-11(2)17-8-12-7-13(18)4-6-16(12)21-17/h3-9,11,20H,1-2H3. The number of hydrogen-bond donors (Lipinski definition) is 1. The van der Waals surface area contributed by atoms with E-state index in [9.17, 15) is 0 Å². The van der Waals surface area contributed by atoms with Crippen LogP contribution in [0.2, 0.25) is 0 Å². The maximum atomic E-state index is 5.93. The number of fused-ring (bicyclic) bond motifs is 1. The lowest BCUT2D eigenvalue weighted by Gasteiger charge is -2.13. The number of furan rings is 1. The van der Waals surface area contributed by atoms with Crippen molar-refractivity contribution in [2.75, 3.05) is 5.32 Å². The second kappa shape index (κ2) is 6.01. The number of anilines is 1. The highest BCUT2D eigenvalue weighted by Gasteiger charge is 2.12. The Morgan fingerprint density at radius 2 is 1.95 bits per heavy atom. The monoisotopic (exact) mass is 455 g/mol. The molecule has 21 heavy (non-hydrogen) atoms. The number of nitrogens with one attached hydrogen (secondary N) is 1. The summed E-state index contributed by atoms with van der Waals surface area (Å²) in [4.78, 5) is 0. The van der Waals surface area contributed by atoms with E-state index >= 15 is 0 Å². The summed E-state index contributed by atoms with van der Waals surface area (Å²) < 4.78 is 8.25. The zero-order valence-electron chi connectivity index (χ0n) is 11.8. The van der Waals surface area contributed by atoms with Gasteiger partial charge in [-0.1, -0.05) is 22.0 Å². The van der Waals surface area contributed by atoms with E-state index in [4.69, 9.17) is 4.42 Å². The molecule has 2 aromatic carbocycles. The molecular formula is C17H15BrINO. The van der Waals surface area contributed by atoms with Gasteiger partial charge in [0, 0.05) is 19.1 Å². The second-order valence-electron chi connectivity index (χ2n) is 5.16. The summed E-state index contributed by atoms with van der Waals surface area (Å²) in [5, 5.41) is 4.61. The third-order valence-electron chi connectivity index (χ3n) is 3.48. The topological polar surface area (TPSA) is 25.2 Å². The van der Waals surface area contributed by atoms with Gasteiger partial charge in [-0.15, -0.1) is 0 Å². The van der Waals surface area contributed by atoms with Crippen LogP contribution in [-0.4, -0.2) is 0 Å². The molecule has 0 bridgehead atoms. The molecule has 0 aliphatic rings. The van der Waals surface area contributed by atoms with Crippen LogP contribution in [0, 0.1) is 10.5 Å². The van der Waals surface area contributed by atoms with Crippen LogP contribution in [0.3, 0.4) is 0 Å². The summed E-state index contributed by atoms with van der Waals surface area (Å²) in [6, 6.07) is 14.7. The van der Waals surface area contributed by atoms with Crippen molar-refractivity contribution < 1.29 is 4.42 Å². The lowest BCUT2D eigenvalue weighted by Crippen LogP contribution is -2.05. The number of rotatable bonds is 3. The summed E-state index contributed by atoms with van der Waals surface area (Å²) in [5.41, 5.74) is 3.32. The Labute approximate surface area is 146 Å². The third kappa shape index (κ3) is 3.26. The van der Waals surface area contributed by atoms with Gasteiger partial charge in [0.15, 0.2) is 0 Å². The molecule has 0 aliphatic carbocycles. The van der Waals surface area contributed by atoms with Crippen LogP contribution < -0.4 is 5.32 Å². The first-order chi connectivity index (χ1) is 10.0. The first kappa shape index (κ1) is 14.9. The molecule has 1 N–H and O–H groups in total. The molecule has 0 radical (unpaired) electrons. The van der Waals surface area contributed by atoms with Crippen molar-refractivity contribution in [3.8, 4) is 0 Å². The van der Waals surface area contributed by atoms with Crippen LogP contribution in [0.25, 0.3) is 11.0 Å². The van der Waals surface area contributed by atoms with Crippen LogP contribution in [0.15, 0.2) is 51.4 Å². The van der Waals surface area contributed by atoms with E-state index in [0.29, 0.717) is 0 Å². The zero-order valence-corrected chi connectivity index (χ0v) is 15.5. The highest BCUT2D eigenvalue weighted by atomic mass is 127. The third-order valence-corrected chi connectivity index (χ3v) is 5.13. The predicted molar refractivity (Wildman–Crippen MR) is 99.8 cm³/mol. The van der Waals surface area contributed by atoms with E-state index in [0.717, 1.165) is 26.9 Å². The molecule has 0 amide bonds. The maximum absolute atomic E-state index is 5.93. The number of hydrogen-bond acceptors (Lipinski definition) is 2. The van der Waals surface area contributed by atoms with Crippen molar-refractivity contribution in [3.05, 3.63) is 61.8 Å². The van der Waals surface area contributed by atoms with Crippen molar-refractivity contribution in [2.24, 2.45) is 0 Å². The number of aryl methyl sites for hydroxylation is 1. The molecule has 108 valence electrons. The SMILES string of the molecule is Cc1ccc(NC(C)c2cc3cc(Br)ccc3o2)cc1I. The fraction of sp³-hybridized carbons (Fsp3) is 0.176. The van der Waals surface area contributed by atoms with Gasteiger partial charge >= 0.3 is 0 Å². The summed E-state index contributed by atoms with van der Waals surface area (Å²) >= 11 is 5.85. The van der Waals surface area contributed by atoms with Gasteiger partial charge in [-0.25, -0.2) is 0 Å². The van der Waals surface area contributed by atoms with E-state index in [1.807, 2.05) is 12.1 Å². The van der Waals surface area contributed by atoms with Gasteiger partial charge in [0.05, 0.1) is 6.04 Å². The van der Waals surface area contributed by atoms with Gasteiger partial charge in [-0.05, 0) is 78.4 Å². The Hall–Kier alpha value is -1.01. The number of benzene rings is 2. The molecule has 1 aromatic heterocycles. The van der Waals surface area contributed by atoms with Crippen LogP contribution in [0.5, 0.6) is 0 Å². The van der Waals surface area contributed by atoms with Gasteiger partial charge in [0.25, 0.3) is 0 Å². The van der Waals surface area contributed by atoms with Crippen molar-refractivity contribution in [1.82, 2.24) is 0 Å². The molecule has 3 aromatic rings. The normalized spacial score (nSPS) is 12.6. The predicted octanol–water partition coefficient (Wildman–Crippen LogP) is 6.28. The number of halogens is 2. The smallest absolute Gasteiger partial charge is 0.134 e. The summed E-state index contributed by atoms with van der Waals surface area (Å²) in [6.45, 7) is 4.23. The minimum Gasteiger partial charge on any atom is -0.459 e. The Morgan fingerprint density at radius 1 is 1.14 bits per heavy atom. The van der Waals surface area contributed by atoms with Crippen molar-refractivity contribution >= 4 is 55.2 Å². The molecule has 0 saturated carbocycles. The van der Waals surface area contributed by atoms with Crippen molar-refractivity contribution in [1.29, 1.82) is 0 Å². The molecule has 2 nitrogen and oxygen atoms in total. The van der Waals surface area contributed by atoms with Crippen LogP contribution >= 0.6 is 38.5 Å². The average Bonchev–Trinajstić information content (AvgIpc) is 2.86. The fourth-order valence-corrected chi connectivity index (χ4v) is 3.15. The zero-order chi connectivity index (χ0) is 15.0. The Morgan fingerprint density at radius 3 is 2.71 bits per heavy atom. The molecule has 0 aliphatic heterocycles. The van der Waals surface area contributed by atoms with Gasteiger partial charge in [-0.3, -0.25) is 0 Å². The Bertz CT molecular complexity index is 797. The second-order valence-corrected chi connectivity index (χ2v) is 7.24. The van der Waals surface area contributed by atoms with E-state index in [1.54, 1.807) is 0 Å². The molecule has 1 unspecified atom stereocenters. The van der Waals surface area contributed by atoms with Gasteiger partial charge in [0.2, 0.25) is 0 Å². The lowest BCUT2D eigenvalue weighted by molar-refractivity contribution is 0.526. The minimum absolute atomic E-state index is 0.120. The van der Waals surface area contributed by atoms with Gasteiger partial charge < -0.3 is 9.73 Å². The minimum atomic E-state index is 0.120. The summed E-state index contributed by atoms with van der Waals surface area (Å²) in [5.74, 6) is 0.943. The highest BCUT2D eigenvalue weighted by Crippen LogP contribution is 2.29. The van der Waals surface area contributed by atoms with Gasteiger partial charge in [0.1, 0.15) is 11.3 Å². The maximum Gasteiger partial charge on any atom is 0.134 e. The first-order valence-corrected chi connectivity index (χ1v) is 8.62. The molecule has 1 heterocycles. The largest absolute Gasteiger partial charge is 0.459 e. The summed E-state index contributed by atoms with van der Waals surface area (Å²) in [7, 11) is 0. The Kier molecular flexibility index (Phi) is 4.26. The van der Waals surface area contributed by atoms with E-state index in [2.05, 4.69) is 88.0 Å². The van der Waals surface area contributed by atoms with E-state index in [-0.39, 0.29) is 6.04 Å². The Balaban J connectivity index is 1.85. The molecule has 0 saturated heterocycles. The highest BCUT2D eigenvalue weighted by molar-refractivity contribution is 14.1. The fourth-order valence-electron chi connectivity index (χ4n) is 2.25. The van der Waals surface area contributed by atoms with Crippen molar-refractivity contribution in [2.45, 2.75) is 19.9 Å². The molecule has 1 atom stereocenters.